The van der Waals surface area contributed by atoms with Crippen LogP contribution >= 0.6 is 0 Å². The van der Waals surface area contributed by atoms with Gasteiger partial charge in [0.05, 0.1) is 6.61 Å². The molecule has 0 saturated carbocycles. The van der Waals surface area contributed by atoms with E-state index in [4.69, 9.17) is 4.74 Å². The van der Waals surface area contributed by atoms with Gasteiger partial charge in [-0.3, -0.25) is 0 Å². The van der Waals surface area contributed by atoms with Crippen molar-refractivity contribution in [2.45, 2.75) is 40.0 Å². The minimum atomic E-state index is -0.0236. The summed E-state index contributed by atoms with van der Waals surface area (Å²) in [5.74, 6) is 0.821. The molecule has 0 fully saturated rings. The summed E-state index contributed by atoms with van der Waals surface area (Å²) in [4.78, 5) is 14.1. The number of hydrogen-bond donors (Lipinski definition) is 1. The predicted molar refractivity (Wildman–Crippen MR) is 83.4 cm³/mol. The Morgan fingerprint density at radius 3 is 2.35 bits per heavy atom. The number of unbranched alkanes of at least 4 members (excludes halogenated alkanes) is 1. The summed E-state index contributed by atoms with van der Waals surface area (Å²) < 4.78 is 5.38. The van der Waals surface area contributed by atoms with Gasteiger partial charge in [0.15, 0.2) is 0 Å². The van der Waals surface area contributed by atoms with Crippen LogP contribution in [0.4, 0.5) is 10.5 Å². The summed E-state index contributed by atoms with van der Waals surface area (Å²) in [5, 5.41) is 2.94. The van der Waals surface area contributed by atoms with Gasteiger partial charge in [-0.2, -0.15) is 0 Å². The van der Waals surface area contributed by atoms with Crippen molar-refractivity contribution in [1.29, 1.82) is 0 Å². The third-order valence-corrected chi connectivity index (χ3v) is 2.98. The molecule has 1 aromatic carbocycles. The Labute approximate surface area is 122 Å². The molecular weight excluding hydrogens is 252 g/mol. The molecular formula is C16H26N2O2. The highest BCUT2D eigenvalue weighted by atomic mass is 16.5. The van der Waals surface area contributed by atoms with E-state index in [-0.39, 0.29) is 6.03 Å². The first-order valence-corrected chi connectivity index (χ1v) is 7.50. The first-order valence-electron chi connectivity index (χ1n) is 7.50. The van der Waals surface area contributed by atoms with E-state index in [1.165, 1.54) is 0 Å². The Kier molecular flexibility index (Phi) is 7.55. The molecule has 4 heteroatoms. The van der Waals surface area contributed by atoms with Crippen molar-refractivity contribution in [3.63, 3.8) is 0 Å². The van der Waals surface area contributed by atoms with Gasteiger partial charge in [-0.25, -0.2) is 4.79 Å². The second-order valence-corrected chi connectivity index (χ2v) is 4.73. The maximum atomic E-state index is 12.2. The number of rotatable bonds is 8. The zero-order chi connectivity index (χ0) is 14.8. The van der Waals surface area contributed by atoms with Crippen molar-refractivity contribution in [1.82, 2.24) is 4.90 Å². The van der Waals surface area contributed by atoms with Crippen molar-refractivity contribution in [2.75, 3.05) is 25.0 Å². The summed E-state index contributed by atoms with van der Waals surface area (Å²) in [6.45, 7) is 8.42. The molecule has 0 aromatic heterocycles. The predicted octanol–water partition coefficient (Wildman–Crippen LogP) is 4.13. The van der Waals surface area contributed by atoms with Crippen LogP contribution in [-0.4, -0.2) is 30.6 Å². The molecule has 0 aliphatic rings. The number of hydrogen-bond acceptors (Lipinski definition) is 2. The Balaban J connectivity index is 2.57. The van der Waals surface area contributed by atoms with Crippen LogP contribution in [-0.2, 0) is 0 Å². The lowest BCUT2D eigenvalue weighted by Gasteiger charge is -2.22. The first-order chi connectivity index (χ1) is 9.71. The zero-order valence-electron chi connectivity index (χ0n) is 12.8. The number of benzene rings is 1. The number of nitrogens with one attached hydrogen (secondary N) is 1. The van der Waals surface area contributed by atoms with Gasteiger partial charge >= 0.3 is 6.03 Å². The highest BCUT2D eigenvalue weighted by Gasteiger charge is 2.11. The summed E-state index contributed by atoms with van der Waals surface area (Å²) >= 11 is 0. The van der Waals surface area contributed by atoms with E-state index in [2.05, 4.69) is 19.2 Å². The summed E-state index contributed by atoms with van der Waals surface area (Å²) in [6.07, 6.45) is 3.10. The standard InChI is InChI=1S/C16H26N2O2/c1-4-7-13-18(12-5-2)16(19)17-14-8-10-15(11-9-14)20-6-3/h8-11H,4-7,12-13H2,1-3H3,(H,17,19). The van der Waals surface area contributed by atoms with Crippen LogP contribution in [0.5, 0.6) is 5.75 Å². The Morgan fingerprint density at radius 2 is 1.80 bits per heavy atom. The molecule has 0 aliphatic heterocycles. The van der Waals surface area contributed by atoms with E-state index in [0.29, 0.717) is 6.61 Å². The van der Waals surface area contributed by atoms with Crippen LogP contribution < -0.4 is 10.1 Å². The summed E-state index contributed by atoms with van der Waals surface area (Å²) in [7, 11) is 0. The van der Waals surface area contributed by atoms with Gasteiger partial charge in [0.1, 0.15) is 5.75 Å². The van der Waals surface area contributed by atoms with Crippen molar-refractivity contribution in [2.24, 2.45) is 0 Å². The van der Waals surface area contributed by atoms with Crippen molar-refractivity contribution < 1.29 is 9.53 Å². The Bertz CT molecular complexity index is 390. The first kappa shape index (κ1) is 16.3. The number of amides is 2. The largest absolute Gasteiger partial charge is 0.494 e. The molecule has 0 atom stereocenters. The SMILES string of the molecule is CCCCN(CCC)C(=O)Nc1ccc(OCC)cc1. The van der Waals surface area contributed by atoms with Gasteiger partial charge in [0, 0.05) is 18.8 Å². The van der Waals surface area contributed by atoms with E-state index >= 15 is 0 Å². The number of anilines is 1. The number of carbonyl (C=O) groups is 1. The number of nitrogens with zero attached hydrogens (tertiary/aromatic N) is 1. The lowest BCUT2D eigenvalue weighted by molar-refractivity contribution is 0.211. The third kappa shape index (κ3) is 5.51. The van der Waals surface area contributed by atoms with Gasteiger partial charge in [-0.15, -0.1) is 0 Å². The topological polar surface area (TPSA) is 41.6 Å². The van der Waals surface area contributed by atoms with E-state index < -0.39 is 0 Å². The minimum absolute atomic E-state index is 0.0236. The molecule has 2 amide bonds. The molecule has 0 spiro atoms. The average molecular weight is 278 g/mol. The zero-order valence-corrected chi connectivity index (χ0v) is 12.8. The molecule has 1 N–H and O–H groups in total. The maximum Gasteiger partial charge on any atom is 0.321 e. The van der Waals surface area contributed by atoms with E-state index in [0.717, 1.165) is 43.8 Å². The molecule has 4 nitrogen and oxygen atoms in total. The van der Waals surface area contributed by atoms with Crippen LogP contribution in [0.3, 0.4) is 0 Å². The fraction of sp³-hybridized carbons (Fsp3) is 0.562. The van der Waals surface area contributed by atoms with Gasteiger partial charge in [-0.05, 0) is 44.0 Å². The van der Waals surface area contributed by atoms with Crippen LogP contribution in [0.1, 0.15) is 40.0 Å². The Morgan fingerprint density at radius 1 is 1.10 bits per heavy atom. The van der Waals surface area contributed by atoms with Gasteiger partial charge in [0.25, 0.3) is 0 Å². The van der Waals surface area contributed by atoms with E-state index in [1.54, 1.807) is 0 Å². The Hall–Kier alpha value is -1.71. The van der Waals surface area contributed by atoms with Crippen LogP contribution in [0.25, 0.3) is 0 Å². The highest BCUT2D eigenvalue weighted by Crippen LogP contribution is 2.16. The van der Waals surface area contributed by atoms with E-state index in [9.17, 15) is 4.79 Å². The number of ether oxygens (including phenoxy) is 1. The average Bonchev–Trinajstić information content (AvgIpc) is 2.45. The fourth-order valence-electron chi connectivity index (χ4n) is 1.94. The molecule has 0 bridgehead atoms. The molecule has 1 aromatic rings. The summed E-state index contributed by atoms with van der Waals surface area (Å²) in [6, 6.07) is 7.45. The van der Waals surface area contributed by atoms with Gasteiger partial charge in [-0.1, -0.05) is 20.3 Å². The van der Waals surface area contributed by atoms with E-state index in [1.807, 2.05) is 36.1 Å². The molecule has 0 unspecified atom stereocenters. The lowest BCUT2D eigenvalue weighted by Crippen LogP contribution is -2.36. The normalized spacial score (nSPS) is 10.2. The molecule has 0 saturated heterocycles. The molecule has 20 heavy (non-hydrogen) atoms. The second-order valence-electron chi connectivity index (χ2n) is 4.73. The van der Waals surface area contributed by atoms with Gasteiger partial charge < -0.3 is 15.0 Å². The van der Waals surface area contributed by atoms with Gasteiger partial charge in [0.2, 0.25) is 0 Å². The third-order valence-electron chi connectivity index (χ3n) is 2.98. The number of carbonyl (C=O) groups excluding carboxylic acids is 1. The molecule has 1 rings (SSSR count). The van der Waals surface area contributed by atoms with Crippen LogP contribution in [0, 0.1) is 0 Å². The summed E-state index contributed by atoms with van der Waals surface area (Å²) in [5.41, 5.74) is 0.802. The highest BCUT2D eigenvalue weighted by molar-refractivity contribution is 5.89. The molecule has 0 aliphatic carbocycles. The number of urea groups is 1. The monoisotopic (exact) mass is 278 g/mol. The molecule has 0 heterocycles. The maximum absolute atomic E-state index is 12.2. The molecule has 0 radical (unpaired) electrons. The quantitative estimate of drug-likeness (QED) is 0.777. The minimum Gasteiger partial charge on any atom is -0.494 e. The van der Waals surface area contributed by atoms with Crippen LogP contribution in [0.15, 0.2) is 24.3 Å². The van der Waals surface area contributed by atoms with Crippen molar-refractivity contribution in [3.8, 4) is 5.75 Å². The second kappa shape index (κ2) is 9.23. The smallest absolute Gasteiger partial charge is 0.321 e. The van der Waals surface area contributed by atoms with Crippen molar-refractivity contribution >= 4 is 11.7 Å². The lowest BCUT2D eigenvalue weighted by atomic mass is 10.3. The van der Waals surface area contributed by atoms with Crippen LogP contribution in [0.2, 0.25) is 0 Å². The fourth-order valence-corrected chi connectivity index (χ4v) is 1.94. The molecule has 112 valence electrons. The van der Waals surface area contributed by atoms with Crippen molar-refractivity contribution in [3.05, 3.63) is 24.3 Å².